The van der Waals surface area contributed by atoms with E-state index in [1.165, 1.54) is 31.4 Å². The van der Waals surface area contributed by atoms with Gasteiger partial charge in [-0.2, -0.15) is 0 Å². The summed E-state index contributed by atoms with van der Waals surface area (Å²) in [6.07, 6.45) is 3.81. The molecule has 2 atom stereocenters. The number of anilines is 1. The molecule has 1 fully saturated rings. The van der Waals surface area contributed by atoms with E-state index in [9.17, 15) is 23.5 Å². The molecule has 0 spiro atoms. The fourth-order valence-electron chi connectivity index (χ4n) is 5.51. The van der Waals surface area contributed by atoms with Crippen LogP contribution >= 0.6 is 0 Å². The maximum absolute atomic E-state index is 14.6. The molecule has 0 bridgehead atoms. The van der Waals surface area contributed by atoms with Crippen molar-refractivity contribution in [1.82, 2.24) is 9.55 Å². The molecule has 7 nitrogen and oxygen atoms in total. The van der Waals surface area contributed by atoms with Gasteiger partial charge in [-0.15, -0.1) is 0 Å². The highest BCUT2D eigenvalue weighted by Gasteiger charge is 2.36. The van der Waals surface area contributed by atoms with Crippen LogP contribution in [-0.4, -0.2) is 33.6 Å². The summed E-state index contributed by atoms with van der Waals surface area (Å²) in [6.45, 7) is 0. The molecule has 39 heavy (non-hydrogen) atoms. The van der Waals surface area contributed by atoms with Crippen molar-refractivity contribution in [2.75, 3.05) is 12.4 Å². The molecule has 3 aromatic carbocycles. The monoisotopic (exact) mass is 533 g/mol. The van der Waals surface area contributed by atoms with Crippen LogP contribution in [0.2, 0.25) is 0 Å². The van der Waals surface area contributed by atoms with Gasteiger partial charge in [-0.3, -0.25) is 4.79 Å². The normalized spacial score (nSPS) is 15.7. The number of carbonyl (C=O) groups is 2. The van der Waals surface area contributed by atoms with Crippen LogP contribution in [0.5, 0.6) is 0 Å². The zero-order valence-corrected chi connectivity index (χ0v) is 21.4. The summed E-state index contributed by atoms with van der Waals surface area (Å²) in [5.74, 6) is -3.19. The number of hydrogen-bond acceptors (Lipinski definition) is 4. The van der Waals surface area contributed by atoms with E-state index in [0.29, 0.717) is 17.0 Å². The summed E-state index contributed by atoms with van der Waals surface area (Å²) < 4.78 is 36.5. The lowest BCUT2D eigenvalue weighted by molar-refractivity contribution is -0.121. The van der Waals surface area contributed by atoms with E-state index in [-0.39, 0.29) is 22.9 Å². The lowest BCUT2D eigenvalue weighted by atomic mass is 9.83. The number of benzene rings is 3. The predicted octanol–water partition coefficient (Wildman–Crippen LogP) is 6.51. The number of halogens is 2. The minimum atomic E-state index is -1.07. The molecule has 1 saturated carbocycles. The maximum Gasteiger partial charge on any atom is 0.335 e. The fraction of sp³-hybridized carbons (Fsp3) is 0.300. The number of rotatable bonds is 8. The number of nitrogens with zero attached hydrogens (tertiary/aromatic N) is 2. The van der Waals surface area contributed by atoms with Gasteiger partial charge >= 0.3 is 5.97 Å². The molecule has 4 aromatic rings. The van der Waals surface area contributed by atoms with Crippen molar-refractivity contribution >= 4 is 28.6 Å². The van der Waals surface area contributed by atoms with Gasteiger partial charge < -0.3 is 19.7 Å². The lowest BCUT2D eigenvalue weighted by Crippen LogP contribution is -2.35. The number of nitrogens with one attached hydrogen (secondary N) is 1. The van der Waals surface area contributed by atoms with Crippen molar-refractivity contribution in [3.8, 4) is 0 Å². The Labute approximate surface area is 224 Å². The van der Waals surface area contributed by atoms with E-state index in [4.69, 9.17) is 4.74 Å². The van der Waals surface area contributed by atoms with E-state index in [1.807, 2.05) is 30.3 Å². The average Bonchev–Trinajstić information content (AvgIpc) is 3.28. The molecule has 9 heteroatoms. The zero-order valence-electron chi connectivity index (χ0n) is 21.4. The predicted molar refractivity (Wildman–Crippen MR) is 143 cm³/mol. The lowest BCUT2D eigenvalue weighted by Gasteiger charge is -2.33. The van der Waals surface area contributed by atoms with Crippen molar-refractivity contribution in [3.63, 3.8) is 0 Å². The Hall–Kier alpha value is -4.11. The van der Waals surface area contributed by atoms with Gasteiger partial charge in [-0.05, 0) is 48.6 Å². The van der Waals surface area contributed by atoms with Crippen molar-refractivity contribution in [1.29, 1.82) is 0 Å². The fourth-order valence-corrected chi connectivity index (χ4v) is 5.51. The second-order valence-corrected chi connectivity index (χ2v) is 9.84. The van der Waals surface area contributed by atoms with Crippen LogP contribution in [-0.2, 0) is 9.53 Å². The maximum atomic E-state index is 14.6. The SMILES string of the molecule is CO[C@@H](c1ccccc1)c1nc2cc(F)c(F)cc2n1C(C(=O)Nc1ccc(C(=O)O)cc1)C1CCCCC1. The highest BCUT2D eigenvalue weighted by atomic mass is 19.2. The number of aromatic nitrogens is 2. The Morgan fingerprint density at radius 3 is 2.31 bits per heavy atom. The first kappa shape index (κ1) is 26.5. The first-order valence-electron chi connectivity index (χ1n) is 13.0. The molecule has 0 saturated heterocycles. The highest BCUT2D eigenvalue weighted by Crippen LogP contribution is 2.39. The van der Waals surface area contributed by atoms with Crippen LogP contribution in [0.25, 0.3) is 11.0 Å². The quantitative estimate of drug-likeness (QED) is 0.269. The van der Waals surface area contributed by atoms with Crippen molar-refractivity contribution in [3.05, 3.63) is 95.3 Å². The topological polar surface area (TPSA) is 93.5 Å². The van der Waals surface area contributed by atoms with Crippen LogP contribution in [0, 0.1) is 17.6 Å². The van der Waals surface area contributed by atoms with Gasteiger partial charge in [0, 0.05) is 24.9 Å². The van der Waals surface area contributed by atoms with E-state index in [0.717, 1.165) is 49.8 Å². The summed E-state index contributed by atoms with van der Waals surface area (Å²) in [6, 6.07) is 16.6. The van der Waals surface area contributed by atoms with Crippen LogP contribution in [0.3, 0.4) is 0 Å². The Kier molecular flexibility index (Phi) is 7.70. The number of fused-ring (bicyclic) bond motifs is 1. The number of imidazole rings is 1. The number of ether oxygens (including phenoxy) is 1. The van der Waals surface area contributed by atoms with Gasteiger partial charge in [0.05, 0.1) is 16.6 Å². The minimum absolute atomic E-state index is 0.0883. The third-order valence-electron chi connectivity index (χ3n) is 7.37. The zero-order chi connectivity index (χ0) is 27.5. The Morgan fingerprint density at radius 2 is 1.67 bits per heavy atom. The average molecular weight is 534 g/mol. The highest BCUT2D eigenvalue weighted by molar-refractivity contribution is 5.96. The van der Waals surface area contributed by atoms with Crippen molar-refractivity contribution in [2.24, 2.45) is 5.92 Å². The third-order valence-corrected chi connectivity index (χ3v) is 7.37. The van der Waals surface area contributed by atoms with Gasteiger partial charge in [0.2, 0.25) is 5.91 Å². The van der Waals surface area contributed by atoms with Gasteiger partial charge in [-0.25, -0.2) is 18.6 Å². The van der Waals surface area contributed by atoms with Gasteiger partial charge in [0.1, 0.15) is 18.0 Å². The molecule has 1 heterocycles. The minimum Gasteiger partial charge on any atom is -0.478 e. The molecule has 0 aliphatic heterocycles. The smallest absolute Gasteiger partial charge is 0.335 e. The van der Waals surface area contributed by atoms with E-state index < -0.39 is 29.7 Å². The van der Waals surface area contributed by atoms with Crippen molar-refractivity contribution < 1.29 is 28.2 Å². The summed E-state index contributed by atoms with van der Waals surface area (Å²) in [5, 5.41) is 12.1. The molecular weight excluding hydrogens is 504 g/mol. The first-order valence-corrected chi connectivity index (χ1v) is 13.0. The Bertz CT molecular complexity index is 1480. The van der Waals surface area contributed by atoms with Crippen LogP contribution in [0.4, 0.5) is 14.5 Å². The van der Waals surface area contributed by atoms with Crippen LogP contribution in [0.15, 0.2) is 66.7 Å². The molecule has 1 aliphatic rings. The molecule has 1 unspecified atom stereocenters. The van der Waals surface area contributed by atoms with Gasteiger partial charge in [0.15, 0.2) is 11.6 Å². The summed E-state index contributed by atoms with van der Waals surface area (Å²) in [4.78, 5) is 30.0. The van der Waals surface area contributed by atoms with E-state index in [2.05, 4.69) is 10.3 Å². The Balaban J connectivity index is 1.66. The second kappa shape index (κ2) is 11.3. The number of carboxylic acids is 1. The molecule has 1 aliphatic carbocycles. The molecule has 0 radical (unpaired) electrons. The number of aromatic carboxylic acids is 1. The van der Waals surface area contributed by atoms with Gasteiger partial charge in [-0.1, -0.05) is 49.6 Å². The summed E-state index contributed by atoms with van der Waals surface area (Å²) in [5.41, 5.74) is 1.84. The summed E-state index contributed by atoms with van der Waals surface area (Å²) >= 11 is 0. The standard InChI is InChI=1S/C30H29F2N3O4/c1-39-27(19-10-6-3-7-11-19)28-34-24-16-22(31)23(32)17-25(24)35(28)26(18-8-4-2-5-9-18)29(36)33-21-14-12-20(13-15-21)30(37)38/h3,6-7,10-18,26-27H,2,4-5,8-9H2,1H3,(H,33,36)(H,37,38)/t26?,27-/m0/s1. The first-order chi connectivity index (χ1) is 18.9. The van der Waals surface area contributed by atoms with Crippen LogP contribution in [0.1, 0.15) is 66.0 Å². The largest absolute Gasteiger partial charge is 0.478 e. The number of hydrogen-bond donors (Lipinski definition) is 2. The number of methoxy groups -OCH3 is 1. The molecule has 5 rings (SSSR count). The van der Waals surface area contributed by atoms with E-state index >= 15 is 0 Å². The van der Waals surface area contributed by atoms with E-state index in [1.54, 1.807) is 4.57 Å². The second-order valence-electron chi connectivity index (χ2n) is 9.84. The molecule has 1 aromatic heterocycles. The number of amides is 1. The molecule has 1 amide bonds. The van der Waals surface area contributed by atoms with Crippen LogP contribution < -0.4 is 5.32 Å². The van der Waals surface area contributed by atoms with Crippen molar-refractivity contribution in [2.45, 2.75) is 44.2 Å². The summed E-state index contributed by atoms with van der Waals surface area (Å²) in [7, 11) is 1.53. The molecule has 202 valence electrons. The van der Waals surface area contributed by atoms with Gasteiger partial charge in [0.25, 0.3) is 0 Å². The number of carboxylic acid groups (broad SMARTS) is 1. The number of carbonyl (C=O) groups excluding carboxylic acids is 1. The Morgan fingerprint density at radius 1 is 1.00 bits per heavy atom. The third kappa shape index (κ3) is 5.40. The molecular formula is C30H29F2N3O4. The molecule has 2 N–H and O–H groups in total.